The molecule has 0 spiro atoms. The monoisotopic (exact) mass is 439 g/mol. The van der Waals surface area contributed by atoms with E-state index >= 15 is 0 Å². The molecule has 1 aliphatic heterocycles. The first-order chi connectivity index (χ1) is 14.8. The van der Waals surface area contributed by atoms with Crippen LogP contribution < -0.4 is 20.5 Å². The van der Waals surface area contributed by atoms with Gasteiger partial charge in [0.15, 0.2) is 0 Å². The molecule has 0 aromatic heterocycles. The zero-order valence-corrected chi connectivity index (χ0v) is 18.3. The molecule has 0 saturated carbocycles. The van der Waals surface area contributed by atoms with Gasteiger partial charge in [-0.25, -0.2) is 14.6 Å². The Morgan fingerprint density at radius 2 is 2.13 bits per heavy atom. The Bertz CT molecular complexity index is 793. The zero-order valence-electron chi connectivity index (χ0n) is 18.3. The molecule has 31 heavy (non-hydrogen) atoms. The average Bonchev–Trinajstić information content (AvgIpc) is 3.10. The highest BCUT2D eigenvalue weighted by molar-refractivity contribution is 5.90. The summed E-state index contributed by atoms with van der Waals surface area (Å²) < 4.78 is 24.9. The second-order valence-corrected chi connectivity index (χ2v) is 7.06. The number of hydrogen-bond acceptors (Lipinski definition) is 7. The van der Waals surface area contributed by atoms with E-state index in [0.717, 1.165) is 0 Å². The molecule has 1 atom stereocenters. The van der Waals surface area contributed by atoms with Crippen molar-refractivity contribution in [2.75, 3.05) is 63.3 Å². The number of methoxy groups -OCH3 is 1. The maximum atomic E-state index is 14.9. The molecular formula is C20H30FN5O5. The summed E-state index contributed by atoms with van der Waals surface area (Å²) in [6.45, 7) is 5.12. The lowest BCUT2D eigenvalue weighted by atomic mass is 10.2. The molecule has 0 aliphatic carbocycles. The fourth-order valence-electron chi connectivity index (χ4n) is 3.13. The van der Waals surface area contributed by atoms with Crippen LogP contribution in [0.4, 0.5) is 20.6 Å². The number of carbonyl (C=O) groups is 3. The van der Waals surface area contributed by atoms with Crippen molar-refractivity contribution in [2.24, 2.45) is 0 Å². The van der Waals surface area contributed by atoms with E-state index in [2.05, 4.69) is 10.7 Å². The van der Waals surface area contributed by atoms with Gasteiger partial charge in [0.05, 0.1) is 24.5 Å². The van der Waals surface area contributed by atoms with Crippen LogP contribution in [0, 0.1) is 5.82 Å². The van der Waals surface area contributed by atoms with Crippen LogP contribution in [0.3, 0.4) is 0 Å². The number of halogens is 1. The summed E-state index contributed by atoms with van der Waals surface area (Å²) in [7, 11) is 3.04. The predicted molar refractivity (Wildman–Crippen MR) is 113 cm³/mol. The number of amides is 3. The average molecular weight is 439 g/mol. The number of likely N-dealkylation sites (N-methyl/N-ethyl adjacent to an activating group) is 2. The Morgan fingerprint density at radius 3 is 2.74 bits per heavy atom. The lowest BCUT2D eigenvalue weighted by Crippen LogP contribution is -2.45. The van der Waals surface area contributed by atoms with E-state index in [-0.39, 0.29) is 31.5 Å². The summed E-state index contributed by atoms with van der Waals surface area (Å²) in [6.07, 6.45) is -1.07. The Hall–Kier alpha value is -2.92. The highest BCUT2D eigenvalue weighted by Gasteiger charge is 2.32. The van der Waals surface area contributed by atoms with Gasteiger partial charge in [0.2, 0.25) is 5.91 Å². The Kier molecular flexibility index (Phi) is 9.01. The lowest BCUT2D eigenvalue weighted by molar-refractivity contribution is -0.136. The largest absolute Gasteiger partial charge is 0.442 e. The molecule has 11 heteroatoms. The Labute approximate surface area is 181 Å². The minimum atomic E-state index is -0.581. The fourth-order valence-corrected chi connectivity index (χ4v) is 3.13. The van der Waals surface area contributed by atoms with Crippen LogP contribution in [-0.2, 0) is 19.1 Å². The lowest BCUT2D eigenvalue weighted by Gasteiger charge is -2.26. The Morgan fingerprint density at radius 1 is 1.39 bits per heavy atom. The number of nitrogens with zero attached hydrogens (tertiary/aromatic N) is 3. The number of nitrogens with one attached hydrogen (secondary N) is 2. The molecular weight excluding hydrogens is 409 g/mol. The number of carbonyl (C=O) groups excluding carboxylic acids is 3. The zero-order chi connectivity index (χ0) is 23.0. The van der Waals surface area contributed by atoms with E-state index in [9.17, 15) is 18.8 Å². The highest BCUT2D eigenvalue weighted by atomic mass is 19.1. The smallest absolute Gasteiger partial charge is 0.414 e. The number of ether oxygens (including phenoxy) is 2. The number of cyclic esters (lactones) is 1. The molecule has 172 valence electrons. The van der Waals surface area contributed by atoms with E-state index in [1.165, 1.54) is 30.0 Å². The van der Waals surface area contributed by atoms with Crippen LogP contribution in [0.1, 0.15) is 13.8 Å². The van der Waals surface area contributed by atoms with E-state index in [1.54, 1.807) is 19.2 Å². The molecule has 10 nitrogen and oxygen atoms in total. The van der Waals surface area contributed by atoms with Gasteiger partial charge in [-0.15, -0.1) is 0 Å². The quantitative estimate of drug-likeness (QED) is 0.490. The molecule has 1 fully saturated rings. The highest BCUT2D eigenvalue weighted by Crippen LogP contribution is 2.27. The molecule has 0 radical (unpaired) electrons. The first-order valence-corrected chi connectivity index (χ1v) is 10.0. The van der Waals surface area contributed by atoms with Crippen LogP contribution in [0.5, 0.6) is 0 Å². The molecule has 0 bridgehead atoms. The third kappa shape index (κ3) is 6.79. The van der Waals surface area contributed by atoms with Gasteiger partial charge in [-0.2, -0.15) is 0 Å². The topological polar surface area (TPSA) is 103 Å². The van der Waals surface area contributed by atoms with Crippen molar-refractivity contribution in [2.45, 2.75) is 20.0 Å². The van der Waals surface area contributed by atoms with Crippen LogP contribution in [0.15, 0.2) is 18.2 Å². The second kappa shape index (κ2) is 11.5. The normalized spacial score (nSPS) is 15.6. The van der Waals surface area contributed by atoms with Crippen molar-refractivity contribution in [3.8, 4) is 0 Å². The minimum absolute atomic E-state index is 0.0261. The van der Waals surface area contributed by atoms with Crippen LogP contribution in [0.25, 0.3) is 0 Å². The molecule has 1 aromatic carbocycles. The summed E-state index contributed by atoms with van der Waals surface area (Å²) in [5.74, 6) is -0.898. The molecule has 1 aromatic rings. The molecule has 0 unspecified atom stereocenters. The molecule has 2 N–H and O–H groups in total. The number of anilines is 2. The number of hydrazine groups is 1. The van der Waals surface area contributed by atoms with Crippen LogP contribution in [0.2, 0.25) is 0 Å². The van der Waals surface area contributed by atoms with Crippen molar-refractivity contribution >= 4 is 29.3 Å². The number of hydrogen-bond donors (Lipinski definition) is 2. The van der Waals surface area contributed by atoms with E-state index < -0.39 is 18.0 Å². The third-order valence-electron chi connectivity index (χ3n) is 4.79. The van der Waals surface area contributed by atoms with E-state index in [1.807, 2.05) is 11.8 Å². The Balaban J connectivity index is 1.98. The van der Waals surface area contributed by atoms with Crippen molar-refractivity contribution < 1.29 is 28.2 Å². The number of rotatable bonds is 11. The van der Waals surface area contributed by atoms with E-state index in [4.69, 9.17) is 9.47 Å². The number of benzene rings is 1. The first kappa shape index (κ1) is 24.4. The van der Waals surface area contributed by atoms with Gasteiger partial charge in [-0.1, -0.05) is 0 Å². The molecule has 1 saturated heterocycles. The van der Waals surface area contributed by atoms with Crippen molar-refractivity contribution in [1.82, 2.24) is 15.8 Å². The second-order valence-electron chi connectivity index (χ2n) is 7.06. The minimum Gasteiger partial charge on any atom is -0.442 e. The summed E-state index contributed by atoms with van der Waals surface area (Å²) >= 11 is 0. The van der Waals surface area contributed by atoms with Crippen molar-refractivity contribution in [3.05, 3.63) is 24.0 Å². The van der Waals surface area contributed by atoms with Crippen molar-refractivity contribution in [3.63, 3.8) is 0 Å². The summed E-state index contributed by atoms with van der Waals surface area (Å²) in [6, 6.07) is 4.56. The molecule has 1 aliphatic rings. The van der Waals surface area contributed by atoms with Crippen LogP contribution in [-0.4, -0.2) is 82.5 Å². The maximum Gasteiger partial charge on any atom is 0.414 e. The van der Waals surface area contributed by atoms with Gasteiger partial charge < -0.3 is 19.7 Å². The summed E-state index contributed by atoms with van der Waals surface area (Å²) in [5.41, 5.74) is 3.72. The van der Waals surface area contributed by atoms with Crippen LogP contribution >= 0.6 is 0 Å². The van der Waals surface area contributed by atoms with Gasteiger partial charge >= 0.3 is 6.09 Å². The maximum absolute atomic E-state index is 14.9. The molecule has 1 heterocycles. The molecule has 3 amide bonds. The predicted octanol–water partition coefficient (Wildman–Crippen LogP) is 0.723. The first-order valence-electron chi connectivity index (χ1n) is 10.0. The summed E-state index contributed by atoms with van der Waals surface area (Å²) in [5, 5.41) is 3.94. The standard InChI is InChI=1S/C20H30FN5O5/c1-5-25(9-8-23-24(3)19(28)13-30-4)18-7-6-15(10-17(18)21)26-12-16(31-20(26)29)11-22-14(2)27/h6-7,10,16,23H,5,8-9,11-13H2,1-4H3,(H,22,27)/t16-/m0/s1. The van der Waals surface area contributed by atoms with Gasteiger partial charge in [-0.3, -0.25) is 19.5 Å². The third-order valence-corrected chi connectivity index (χ3v) is 4.79. The van der Waals surface area contributed by atoms with Gasteiger partial charge in [-0.05, 0) is 25.1 Å². The van der Waals surface area contributed by atoms with Gasteiger partial charge in [0.25, 0.3) is 5.91 Å². The van der Waals surface area contributed by atoms with Gasteiger partial charge in [0.1, 0.15) is 18.5 Å². The SMILES string of the molecule is CCN(CCNN(C)C(=O)COC)c1ccc(N2C[C@H](CNC(C)=O)OC2=O)cc1F. The fraction of sp³-hybridized carbons (Fsp3) is 0.550. The van der Waals surface area contributed by atoms with Gasteiger partial charge in [0, 0.05) is 40.7 Å². The molecule has 2 rings (SSSR count). The van der Waals surface area contributed by atoms with E-state index in [0.29, 0.717) is 31.0 Å². The van der Waals surface area contributed by atoms with Crippen molar-refractivity contribution in [1.29, 1.82) is 0 Å². The summed E-state index contributed by atoms with van der Waals surface area (Å²) in [4.78, 5) is 38.0.